The van der Waals surface area contributed by atoms with Gasteiger partial charge in [-0.1, -0.05) is 47.5 Å². The molecule has 1 aliphatic rings. The Balaban J connectivity index is 1.70. The molecule has 1 saturated heterocycles. The van der Waals surface area contributed by atoms with Gasteiger partial charge in [0.2, 0.25) is 10.0 Å². The third-order valence-corrected chi connectivity index (χ3v) is 6.57. The van der Waals surface area contributed by atoms with E-state index in [0.29, 0.717) is 23.9 Å². The fourth-order valence-electron chi connectivity index (χ4n) is 3.13. The number of rotatable bonds is 3. The van der Waals surface area contributed by atoms with Gasteiger partial charge in [-0.15, -0.1) is 0 Å². The summed E-state index contributed by atoms with van der Waals surface area (Å²) < 4.78 is 27.1. The first-order chi connectivity index (χ1) is 11.0. The molecule has 23 heavy (non-hydrogen) atoms. The molecule has 0 bridgehead atoms. The van der Waals surface area contributed by atoms with Crippen LogP contribution in [0.5, 0.6) is 0 Å². The largest absolute Gasteiger partial charge is 0.243 e. The van der Waals surface area contributed by atoms with Crippen LogP contribution in [-0.4, -0.2) is 25.8 Å². The molecule has 1 fully saturated rings. The predicted octanol–water partition coefficient (Wildman–Crippen LogP) is 3.87. The molecule has 0 unspecified atom stereocenters. The third kappa shape index (κ3) is 3.48. The van der Waals surface area contributed by atoms with Gasteiger partial charge >= 0.3 is 0 Å². The molecule has 122 valence electrons. The predicted molar refractivity (Wildman–Crippen MR) is 93.1 cm³/mol. The number of sulfonamides is 1. The highest BCUT2D eigenvalue weighted by atomic mass is 32.2. The highest BCUT2D eigenvalue weighted by Gasteiger charge is 2.29. The Hall–Kier alpha value is -1.65. The zero-order chi connectivity index (χ0) is 16.4. The van der Waals surface area contributed by atoms with E-state index in [2.05, 4.69) is 31.2 Å². The average molecular weight is 329 g/mol. The molecular formula is C19H23NO2S. The first-order valence-corrected chi connectivity index (χ1v) is 9.54. The van der Waals surface area contributed by atoms with Gasteiger partial charge in [0.15, 0.2) is 0 Å². The molecule has 0 atom stereocenters. The molecule has 0 saturated carbocycles. The lowest BCUT2D eigenvalue weighted by atomic mass is 9.90. The maximum atomic E-state index is 12.7. The Morgan fingerprint density at radius 2 is 1.30 bits per heavy atom. The van der Waals surface area contributed by atoms with Gasteiger partial charge in [0, 0.05) is 13.1 Å². The zero-order valence-electron chi connectivity index (χ0n) is 13.7. The van der Waals surface area contributed by atoms with E-state index < -0.39 is 10.0 Å². The summed E-state index contributed by atoms with van der Waals surface area (Å²) in [6, 6.07) is 15.7. The molecule has 0 radical (unpaired) electrons. The molecule has 3 nitrogen and oxygen atoms in total. The standard InChI is InChI=1S/C19H23NO2S/c1-15-3-7-17(8-4-15)18-11-13-20(14-12-18)23(21,22)19-9-5-16(2)6-10-19/h3-10,18H,11-14H2,1-2H3. The molecule has 0 amide bonds. The lowest BCUT2D eigenvalue weighted by molar-refractivity contribution is 0.319. The third-order valence-electron chi connectivity index (χ3n) is 4.66. The van der Waals surface area contributed by atoms with Gasteiger partial charge in [0.25, 0.3) is 0 Å². The lowest BCUT2D eigenvalue weighted by Crippen LogP contribution is -2.37. The van der Waals surface area contributed by atoms with E-state index in [0.717, 1.165) is 18.4 Å². The Morgan fingerprint density at radius 1 is 0.826 bits per heavy atom. The topological polar surface area (TPSA) is 37.4 Å². The summed E-state index contributed by atoms with van der Waals surface area (Å²) >= 11 is 0. The van der Waals surface area contributed by atoms with Gasteiger partial charge in [0.1, 0.15) is 0 Å². The molecule has 4 heteroatoms. The van der Waals surface area contributed by atoms with E-state index in [1.54, 1.807) is 16.4 Å². The van der Waals surface area contributed by atoms with Crippen LogP contribution in [0.2, 0.25) is 0 Å². The van der Waals surface area contributed by atoms with Crippen LogP contribution in [0.3, 0.4) is 0 Å². The van der Waals surface area contributed by atoms with Crippen molar-refractivity contribution in [2.75, 3.05) is 13.1 Å². The second-order valence-electron chi connectivity index (χ2n) is 6.40. The summed E-state index contributed by atoms with van der Waals surface area (Å²) in [5.41, 5.74) is 3.65. The SMILES string of the molecule is Cc1ccc(C2CCN(S(=O)(=O)c3ccc(C)cc3)CC2)cc1. The maximum Gasteiger partial charge on any atom is 0.243 e. The Bertz CT molecular complexity index is 756. The molecule has 0 spiro atoms. The van der Waals surface area contributed by atoms with Crippen LogP contribution in [-0.2, 0) is 10.0 Å². The number of nitrogens with zero attached hydrogens (tertiary/aromatic N) is 1. The summed E-state index contributed by atoms with van der Waals surface area (Å²) in [5, 5.41) is 0. The van der Waals surface area contributed by atoms with Crippen molar-refractivity contribution in [3.8, 4) is 0 Å². The summed E-state index contributed by atoms with van der Waals surface area (Å²) in [5.74, 6) is 0.458. The average Bonchev–Trinajstić information content (AvgIpc) is 2.56. The minimum Gasteiger partial charge on any atom is -0.207 e. The molecule has 0 aliphatic carbocycles. The zero-order valence-corrected chi connectivity index (χ0v) is 14.5. The molecule has 3 rings (SSSR count). The minimum atomic E-state index is -3.36. The van der Waals surface area contributed by atoms with Gasteiger partial charge in [-0.2, -0.15) is 4.31 Å². The summed E-state index contributed by atoms with van der Waals surface area (Å²) in [6.07, 6.45) is 1.77. The molecule has 0 N–H and O–H groups in total. The second-order valence-corrected chi connectivity index (χ2v) is 8.34. The van der Waals surface area contributed by atoms with Crippen LogP contribution in [0.1, 0.15) is 35.4 Å². The fourth-order valence-corrected chi connectivity index (χ4v) is 4.60. The lowest BCUT2D eigenvalue weighted by Gasteiger charge is -2.31. The molecule has 1 aliphatic heterocycles. The number of piperidine rings is 1. The Kier molecular flexibility index (Phi) is 4.55. The molecule has 1 heterocycles. The van der Waals surface area contributed by atoms with Gasteiger partial charge in [-0.05, 0) is 50.3 Å². The van der Waals surface area contributed by atoms with E-state index >= 15 is 0 Å². The van der Waals surface area contributed by atoms with Crippen molar-refractivity contribution in [1.82, 2.24) is 4.31 Å². The second kappa shape index (κ2) is 6.46. The van der Waals surface area contributed by atoms with Gasteiger partial charge in [-0.3, -0.25) is 0 Å². The minimum absolute atomic E-state index is 0.400. The quantitative estimate of drug-likeness (QED) is 0.857. The number of hydrogen-bond donors (Lipinski definition) is 0. The van der Waals surface area contributed by atoms with E-state index in [1.807, 2.05) is 19.1 Å². The Labute approximate surface area is 139 Å². The van der Waals surface area contributed by atoms with Crippen molar-refractivity contribution in [3.63, 3.8) is 0 Å². The van der Waals surface area contributed by atoms with Crippen molar-refractivity contribution < 1.29 is 8.42 Å². The number of benzene rings is 2. The van der Waals surface area contributed by atoms with Crippen molar-refractivity contribution >= 4 is 10.0 Å². The highest BCUT2D eigenvalue weighted by molar-refractivity contribution is 7.89. The van der Waals surface area contributed by atoms with Crippen molar-refractivity contribution in [2.45, 2.75) is 37.5 Å². The first-order valence-electron chi connectivity index (χ1n) is 8.10. The van der Waals surface area contributed by atoms with E-state index in [9.17, 15) is 8.42 Å². The van der Waals surface area contributed by atoms with Gasteiger partial charge < -0.3 is 0 Å². The van der Waals surface area contributed by atoms with Crippen LogP contribution < -0.4 is 0 Å². The summed E-state index contributed by atoms with van der Waals surface area (Å²) in [7, 11) is -3.36. The van der Waals surface area contributed by atoms with Crippen molar-refractivity contribution in [2.24, 2.45) is 0 Å². The van der Waals surface area contributed by atoms with Gasteiger partial charge in [0.05, 0.1) is 4.90 Å². The summed E-state index contributed by atoms with van der Waals surface area (Å²) in [4.78, 5) is 0.400. The van der Waals surface area contributed by atoms with Crippen LogP contribution in [0, 0.1) is 13.8 Å². The van der Waals surface area contributed by atoms with E-state index in [-0.39, 0.29) is 0 Å². The fraction of sp³-hybridized carbons (Fsp3) is 0.368. The van der Waals surface area contributed by atoms with Crippen LogP contribution >= 0.6 is 0 Å². The van der Waals surface area contributed by atoms with E-state index in [1.165, 1.54) is 11.1 Å². The molecular weight excluding hydrogens is 306 g/mol. The molecule has 2 aromatic rings. The highest BCUT2D eigenvalue weighted by Crippen LogP contribution is 2.30. The maximum absolute atomic E-state index is 12.7. The number of aryl methyl sites for hydroxylation is 2. The molecule has 0 aromatic heterocycles. The monoisotopic (exact) mass is 329 g/mol. The van der Waals surface area contributed by atoms with E-state index in [4.69, 9.17) is 0 Å². The van der Waals surface area contributed by atoms with Crippen molar-refractivity contribution in [1.29, 1.82) is 0 Å². The summed E-state index contributed by atoms with van der Waals surface area (Å²) in [6.45, 7) is 5.23. The van der Waals surface area contributed by atoms with Gasteiger partial charge in [-0.25, -0.2) is 8.42 Å². The Morgan fingerprint density at radius 3 is 1.83 bits per heavy atom. The first kappa shape index (κ1) is 16.2. The molecule has 2 aromatic carbocycles. The van der Waals surface area contributed by atoms with Crippen LogP contribution in [0.25, 0.3) is 0 Å². The smallest absolute Gasteiger partial charge is 0.207 e. The number of hydrogen-bond acceptors (Lipinski definition) is 2. The van der Waals surface area contributed by atoms with Crippen LogP contribution in [0.4, 0.5) is 0 Å². The van der Waals surface area contributed by atoms with Crippen LogP contribution in [0.15, 0.2) is 53.4 Å². The normalized spacial score (nSPS) is 17.3. The van der Waals surface area contributed by atoms with Crippen molar-refractivity contribution in [3.05, 3.63) is 65.2 Å².